The molecule has 1 aliphatic heterocycles. The number of nitrogens with two attached hydrogens (primary N) is 1. The van der Waals surface area contributed by atoms with E-state index in [-0.39, 0.29) is 11.6 Å². The van der Waals surface area contributed by atoms with Gasteiger partial charge >= 0.3 is 0 Å². The van der Waals surface area contributed by atoms with Crippen LogP contribution in [0, 0.1) is 5.41 Å². The predicted molar refractivity (Wildman–Crippen MR) is 78.2 cm³/mol. The minimum atomic E-state index is -0.0124. The lowest BCUT2D eigenvalue weighted by molar-refractivity contribution is 0.0189. The molecule has 2 unspecified atom stereocenters. The van der Waals surface area contributed by atoms with Gasteiger partial charge in [-0.2, -0.15) is 0 Å². The van der Waals surface area contributed by atoms with Gasteiger partial charge in [-0.1, -0.05) is 32.0 Å². The van der Waals surface area contributed by atoms with Crippen molar-refractivity contribution in [2.45, 2.75) is 64.0 Å². The highest BCUT2D eigenvalue weighted by molar-refractivity contribution is 5.38. The number of benzene rings is 1. The van der Waals surface area contributed by atoms with Gasteiger partial charge in [0, 0.05) is 18.0 Å². The molecule has 1 saturated carbocycles. The highest BCUT2D eigenvalue weighted by Crippen LogP contribution is 2.47. The topological polar surface area (TPSA) is 35.2 Å². The third-order valence-corrected chi connectivity index (χ3v) is 4.98. The van der Waals surface area contributed by atoms with Gasteiger partial charge in [0.2, 0.25) is 0 Å². The lowest BCUT2D eigenvalue weighted by Crippen LogP contribution is -2.42. The predicted octanol–water partition coefficient (Wildman–Crippen LogP) is 4.20. The zero-order valence-electron chi connectivity index (χ0n) is 12.1. The Bertz CT molecular complexity index is 468. The zero-order valence-corrected chi connectivity index (χ0v) is 12.1. The van der Waals surface area contributed by atoms with Crippen LogP contribution in [0.5, 0.6) is 5.75 Å². The van der Waals surface area contributed by atoms with Crippen molar-refractivity contribution in [3.8, 4) is 5.75 Å². The molecule has 104 valence electrons. The van der Waals surface area contributed by atoms with E-state index in [0.29, 0.717) is 5.41 Å². The minimum absolute atomic E-state index is 0.0124. The molecule has 0 saturated heterocycles. The third-order valence-electron chi connectivity index (χ3n) is 4.98. The van der Waals surface area contributed by atoms with Crippen LogP contribution in [-0.2, 0) is 0 Å². The molecule has 1 aromatic carbocycles. The van der Waals surface area contributed by atoms with Gasteiger partial charge in [0.25, 0.3) is 0 Å². The molecule has 2 nitrogen and oxygen atoms in total. The van der Waals surface area contributed by atoms with Gasteiger partial charge < -0.3 is 10.5 Å². The largest absolute Gasteiger partial charge is 0.487 e. The Kier molecular flexibility index (Phi) is 3.09. The van der Waals surface area contributed by atoms with Gasteiger partial charge in [-0.15, -0.1) is 0 Å². The van der Waals surface area contributed by atoms with E-state index in [9.17, 15) is 0 Å². The first-order valence-corrected chi connectivity index (χ1v) is 7.53. The molecular weight excluding hydrogens is 234 g/mol. The van der Waals surface area contributed by atoms with Crippen molar-refractivity contribution < 1.29 is 4.74 Å². The first-order valence-electron chi connectivity index (χ1n) is 7.53. The van der Waals surface area contributed by atoms with Crippen LogP contribution in [0.25, 0.3) is 0 Å². The van der Waals surface area contributed by atoms with Gasteiger partial charge in [0.1, 0.15) is 11.4 Å². The molecule has 0 aromatic heterocycles. The van der Waals surface area contributed by atoms with Crippen LogP contribution in [0.4, 0.5) is 0 Å². The Hall–Kier alpha value is -1.02. The van der Waals surface area contributed by atoms with Crippen molar-refractivity contribution in [2.24, 2.45) is 11.1 Å². The second kappa shape index (κ2) is 4.52. The summed E-state index contributed by atoms with van der Waals surface area (Å²) < 4.78 is 6.42. The number of ether oxygens (including phenoxy) is 1. The van der Waals surface area contributed by atoms with Crippen molar-refractivity contribution in [3.63, 3.8) is 0 Å². The van der Waals surface area contributed by atoms with Gasteiger partial charge in [0.15, 0.2) is 0 Å². The van der Waals surface area contributed by atoms with E-state index >= 15 is 0 Å². The van der Waals surface area contributed by atoms with Crippen molar-refractivity contribution >= 4 is 0 Å². The maximum Gasteiger partial charge on any atom is 0.124 e. The van der Waals surface area contributed by atoms with Crippen LogP contribution in [0.15, 0.2) is 24.3 Å². The molecule has 2 aliphatic rings. The summed E-state index contributed by atoms with van der Waals surface area (Å²) in [7, 11) is 0. The van der Waals surface area contributed by atoms with Crippen LogP contribution in [0.2, 0.25) is 0 Å². The summed E-state index contributed by atoms with van der Waals surface area (Å²) in [6.07, 6.45) is 7.05. The molecule has 1 heterocycles. The average molecular weight is 259 g/mol. The van der Waals surface area contributed by atoms with Crippen molar-refractivity contribution in [2.75, 3.05) is 0 Å². The van der Waals surface area contributed by atoms with E-state index in [1.807, 2.05) is 6.07 Å². The average Bonchev–Trinajstić information content (AvgIpc) is 2.49. The normalized spacial score (nSPS) is 33.3. The Balaban J connectivity index is 1.87. The van der Waals surface area contributed by atoms with E-state index < -0.39 is 0 Å². The van der Waals surface area contributed by atoms with Crippen LogP contribution in [0.3, 0.4) is 0 Å². The standard InChI is InChI=1S/C17H25NO/c1-16(2)8-5-9-17(11-10-16)12-14(18)13-6-3-4-7-15(13)19-17/h3-4,6-7,14H,5,8-12,18H2,1-2H3. The molecule has 0 radical (unpaired) electrons. The molecular formula is C17H25NO. The van der Waals surface area contributed by atoms with Gasteiger partial charge in [-0.25, -0.2) is 0 Å². The smallest absolute Gasteiger partial charge is 0.124 e. The van der Waals surface area contributed by atoms with Crippen molar-refractivity contribution in [1.82, 2.24) is 0 Å². The fourth-order valence-electron chi connectivity index (χ4n) is 3.68. The Morgan fingerprint density at radius 2 is 1.89 bits per heavy atom. The molecule has 0 bridgehead atoms. The lowest BCUT2D eigenvalue weighted by Gasteiger charge is -2.41. The molecule has 1 aliphatic carbocycles. The lowest BCUT2D eigenvalue weighted by atomic mass is 9.80. The van der Waals surface area contributed by atoms with Crippen LogP contribution < -0.4 is 10.5 Å². The van der Waals surface area contributed by atoms with Crippen molar-refractivity contribution in [3.05, 3.63) is 29.8 Å². The Morgan fingerprint density at radius 3 is 2.74 bits per heavy atom. The highest BCUT2D eigenvalue weighted by Gasteiger charge is 2.42. The van der Waals surface area contributed by atoms with Gasteiger partial charge in [-0.3, -0.25) is 0 Å². The SMILES string of the molecule is CC1(C)CCCC2(CC1)CC(N)c1ccccc1O2. The number of fused-ring (bicyclic) bond motifs is 1. The summed E-state index contributed by atoms with van der Waals surface area (Å²) in [5, 5.41) is 0. The van der Waals surface area contributed by atoms with E-state index in [4.69, 9.17) is 10.5 Å². The summed E-state index contributed by atoms with van der Waals surface area (Å²) >= 11 is 0. The molecule has 19 heavy (non-hydrogen) atoms. The molecule has 3 rings (SSSR count). The molecule has 2 N–H and O–H groups in total. The van der Waals surface area contributed by atoms with Crippen LogP contribution in [-0.4, -0.2) is 5.60 Å². The molecule has 2 atom stereocenters. The highest BCUT2D eigenvalue weighted by atomic mass is 16.5. The van der Waals surface area contributed by atoms with E-state index in [1.54, 1.807) is 0 Å². The van der Waals surface area contributed by atoms with Gasteiger partial charge in [-0.05, 0) is 43.6 Å². The first-order chi connectivity index (χ1) is 9.00. The number of hydrogen-bond donors (Lipinski definition) is 1. The van der Waals surface area contributed by atoms with Crippen LogP contribution in [0.1, 0.15) is 64.0 Å². The monoisotopic (exact) mass is 259 g/mol. The number of hydrogen-bond acceptors (Lipinski definition) is 2. The zero-order chi connectivity index (χ0) is 13.5. The summed E-state index contributed by atoms with van der Waals surface area (Å²) in [5.41, 5.74) is 8.01. The first kappa shape index (κ1) is 13.0. The maximum atomic E-state index is 6.42. The van der Waals surface area contributed by atoms with E-state index in [0.717, 1.165) is 25.0 Å². The molecule has 1 spiro atoms. The minimum Gasteiger partial charge on any atom is -0.487 e. The number of rotatable bonds is 0. The molecule has 1 fully saturated rings. The maximum absolute atomic E-state index is 6.42. The third kappa shape index (κ3) is 2.51. The quantitative estimate of drug-likeness (QED) is 0.758. The molecule has 2 heteroatoms. The van der Waals surface area contributed by atoms with E-state index in [2.05, 4.69) is 32.0 Å². The van der Waals surface area contributed by atoms with E-state index in [1.165, 1.54) is 24.8 Å². The molecule has 1 aromatic rings. The van der Waals surface area contributed by atoms with Gasteiger partial charge in [0.05, 0.1) is 0 Å². The summed E-state index contributed by atoms with van der Waals surface area (Å²) in [6.45, 7) is 4.76. The fraction of sp³-hybridized carbons (Fsp3) is 0.647. The number of para-hydroxylation sites is 1. The van der Waals surface area contributed by atoms with Crippen molar-refractivity contribution in [1.29, 1.82) is 0 Å². The second-order valence-corrected chi connectivity index (χ2v) is 7.15. The summed E-state index contributed by atoms with van der Waals surface area (Å²) in [4.78, 5) is 0. The summed E-state index contributed by atoms with van der Waals surface area (Å²) in [6, 6.07) is 8.41. The second-order valence-electron chi connectivity index (χ2n) is 7.15. The molecule has 0 amide bonds. The summed E-state index contributed by atoms with van der Waals surface area (Å²) in [5.74, 6) is 1.01. The fourth-order valence-corrected chi connectivity index (χ4v) is 3.68. The Morgan fingerprint density at radius 1 is 1.11 bits per heavy atom. The van der Waals surface area contributed by atoms with Crippen LogP contribution >= 0.6 is 0 Å². The Labute approximate surface area is 116 Å².